The summed E-state index contributed by atoms with van der Waals surface area (Å²) in [6, 6.07) is 0.0733. The molecule has 3 heterocycles. The van der Waals surface area contributed by atoms with E-state index in [1.807, 2.05) is 16.2 Å². The van der Waals surface area contributed by atoms with Crippen molar-refractivity contribution >= 4 is 33.4 Å². The number of hydrogen-bond donors (Lipinski definition) is 1. The lowest BCUT2D eigenvalue weighted by Gasteiger charge is -2.36. The predicted octanol–water partition coefficient (Wildman–Crippen LogP) is 4.72. The highest BCUT2D eigenvalue weighted by Gasteiger charge is 2.28. The minimum atomic E-state index is 0.0733. The third kappa shape index (κ3) is 4.27. The van der Waals surface area contributed by atoms with Gasteiger partial charge in [0.25, 0.3) is 0 Å². The van der Waals surface area contributed by atoms with Crippen LogP contribution in [0.2, 0.25) is 0 Å². The molecule has 0 aromatic carbocycles. The second-order valence-corrected chi connectivity index (χ2v) is 9.75. The lowest BCUT2D eigenvalue weighted by Crippen LogP contribution is -2.52. The summed E-state index contributed by atoms with van der Waals surface area (Å²) in [5.41, 5.74) is 1.49. The van der Waals surface area contributed by atoms with Crippen molar-refractivity contribution in [3.8, 4) is 0 Å². The fraction of sp³-hybridized carbons (Fsp3) is 0.696. The number of carbonyl (C=O) groups is 1. The molecule has 0 bridgehead atoms. The second-order valence-electron chi connectivity index (χ2n) is 8.67. The standard InChI is InChI=1S/C23H35N5OS/c1-4-6-11-24-23(29)28-14-12-27(13-15-28)21-19-17-9-7-8-10-18(17)30-22(19)26-20(25-21)16(3)5-2/h16H,4-15H2,1-3H3,(H,24,29). The Morgan fingerprint density at radius 2 is 1.90 bits per heavy atom. The van der Waals surface area contributed by atoms with E-state index in [0.717, 1.165) is 70.0 Å². The number of rotatable bonds is 6. The van der Waals surface area contributed by atoms with E-state index in [-0.39, 0.29) is 6.03 Å². The van der Waals surface area contributed by atoms with Gasteiger partial charge in [-0.25, -0.2) is 14.8 Å². The number of unbranched alkanes of at least 4 members (excludes halogenated alkanes) is 1. The highest BCUT2D eigenvalue weighted by molar-refractivity contribution is 7.19. The van der Waals surface area contributed by atoms with Crippen molar-refractivity contribution in [1.82, 2.24) is 20.2 Å². The number of urea groups is 1. The van der Waals surface area contributed by atoms with Gasteiger partial charge in [-0.15, -0.1) is 11.3 Å². The van der Waals surface area contributed by atoms with E-state index in [4.69, 9.17) is 9.97 Å². The van der Waals surface area contributed by atoms with Gasteiger partial charge in [-0.1, -0.05) is 27.2 Å². The molecule has 2 aromatic rings. The fourth-order valence-electron chi connectivity index (χ4n) is 4.39. The van der Waals surface area contributed by atoms with Crippen LogP contribution in [-0.4, -0.2) is 53.6 Å². The quantitative estimate of drug-likeness (QED) is 0.675. The van der Waals surface area contributed by atoms with Crippen LogP contribution in [0.4, 0.5) is 10.6 Å². The summed E-state index contributed by atoms with van der Waals surface area (Å²) in [6.07, 6.45) is 8.05. The van der Waals surface area contributed by atoms with Crippen LogP contribution in [-0.2, 0) is 12.8 Å². The van der Waals surface area contributed by atoms with Gasteiger partial charge in [-0.3, -0.25) is 0 Å². The van der Waals surface area contributed by atoms with Crippen molar-refractivity contribution in [3.05, 3.63) is 16.3 Å². The molecule has 0 spiro atoms. The summed E-state index contributed by atoms with van der Waals surface area (Å²) >= 11 is 1.88. The molecule has 4 rings (SSSR count). The fourth-order valence-corrected chi connectivity index (χ4v) is 5.65. The van der Waals surface area contributed by atoms with Crippen LogP contribution in [0.15, 0.2) is 0 Å². The number of hydrogen-bond acceptors (Lipinski definition) is 5. The number of fused-ring (bicyclic) bond motifs is 3. The number of amides is 2. The lowest BCUT2D eigenvalue weighted by atomic mass is 9.96. The predicted molar refractivity (Wildman–Crippen MR) is 125 cm³/mol. The van der Waals surface area contributed by atoms with Crippen LogP contribution in [0.1, 0.15) is 75.1 Å². The number of nitrogens with zero attached hydrogens (tertiary/aromatic N) is 4. The van der Waals surface area contributed by atoms with Crippen LogP contribution in [0.25, 0.3) is 10.2 Å². The van der Waals surface area contributed by atoms with Crippen LogP contribution >= 0.6 is 11.3 Å². The van der Waals surface area contributed by atoms with E-state index in [9.17, 15) is 4.79 Å². The highest BCUT2D eigenvalue weighted by Crippen LogP contribution is 2.40. The summed E-state index contributed by atoms with van der Waals surface area (Å²) in [5, 5.41) is 4.34. The van der Waals surface area contributed by atoms with Crippen LogP contribution in [0.5, 0.6) is 0 Å². The van der Waals surface area contributed by atoms with E-state index in [1.165, 1.54) is 39.9 Å². The number of aromatic nitrogens is 2. The Morgan fingerprint density at radius 3 is 2.63 bits per heavy atom. The molecule has 1 unspecified atom stereocenters. The topological polar surface area (TPSA) is 61.4 Å². The second kappa shape index (κ2) is 9.50. The summed E-state index contributed by atoms with van der Waals surface area (Å²) in [5.74, 6) is 2.44. The Hall–Kier alpha value is -1.89. The monoisotopic (exact) mass is 429 g/mol. The van der Waals surface area contributed by atoms with Gasteiger partial charge in [0.1, 0.15) is 16.5 Å². The molecular formula is C23H35N5OS. The van der Waals surface area contributed by atoms with Crippen molar-refractivity contribution in [2.24, 2.45) is 0 Å². The zero-order valence-corrected chi connectivity index (χ0v) is 19.5. The molecule has 2 aliphatic rings. The Bertz CT molecular complexity index is 887. The van der Waals surface area contributed by atoms with Crippen molar-refractivity contribution in [3.63, 3.8) is 0 Å². The third-order valence-electron chi connectivity index (χ3n) is 6.54. The van der Waals surface area contributed by atoms with E-state index in [0.29, 0.717) is 5.92 Å². The zero-order valence-electron chi connectivity index (χ0n) is 18.7. The van der Waals surface area contributed by atoms with Gasteiger partial charge in [-0.05, 0) is 44.1 Å². The number of piperazine rings is 1. The van der Waals surface area contributed by atoms with E-state index in [2.05, 4.69) is 31.0 Å². The van der Waals surface area contributed by atoms with Gasteiger partial charge >= 0.3 is 6.03 Å². The lowest BCUT2D eigenvalue weighted by molar-refractivity contribution is 0.194. The van der Waals surface area contributed by atoms with E-state index < -0.39 is 0 Å². The maximum Gasteiger partial charge on any atom is 0.317 e. The first-order chi connectivity index (χ1) is 14.6. The molecule has 0 saturated carbocycles. The first-order valence-electron chi connectivity index (χ1n) is 11.7. The number of carbonyl (C=O) groups excluding carboxylic acids is 1. The molecule has 2 aromatic heterocycles. The molecule has 1 saturated heterocycles. The van der Waals surface area contributed by atoms with Gasteiger partial charge in [0.05, 0.1) is 5.39 Å². The molecule has 164 valence electrons. The first kappa shape index (κ1) is 21.3. The highest BCUT2D eigenvalue weighted by atomic mass is 32.1. The summed E-state index contributed by atoms with van der Waals surface area (Å²) in [6.45, 7) is 10.5. The minimum Gasteiger partial charge on any atom is -0.352 e. The van der Waals surface area contributed by atoms with Gasteiger partial charge in [0.2, 0.25) is 0 Å². The third-order valence-corrected chi connectivity index (χ3v) is 7.72. The molecule has 6 nitrogen and oxygen atoms in total. The summed E-state index contributed by atoms with van der Waals surface area (Å²) < 4.78 is 0. The average molecular weight is 430 g/mol. The van der Waals surface area contributed by atoms with Crippen LogP contribution in [0.3, 0.4) is 0 Å². The summed E-state index contributed by atoms with van der Waals surface area (Å²) in [7, 11) is 0. The maximum atomic E-state index is 12.4. The molecule has 2 amide bonds. The number of nitrogens with one attached hydrogen (secondary N) is 1. The van der Waals surface area contributed by atoms with Crippen molar-refractivity contribution in [1.29, 1.82) is 0 Å². The minimum absolute atomic E-state index is 0.0733. The Morgan fingerprint density at radius 1 is 1.13 bits per heavy atom. The molecule has 1 fully saturated rings. The number of thiophene rings is 1. The molecule has 1 aliphatic carbocycles. The SMILES string of the molecule is CCCCNC(=O)N1CCN(c2nc(C(C)CC)nc3sc4c(c23)CCCC4)CC1. The Kier molecular flexibility index (Phi) is 6.76. The van der Waals surface area contributed by atoms with E-state index >= 15 is 0 Å². The van der Waals surface area contributed by atoms with Crippen molar-refractivity contribution in [2.45, 2.75) is 71.6 Å². The summed E-state index contributed by atoms with van der Waals surface area (Å²) in [4.78, 5) is 29.6. The molecule has 0 radical (unpaired) electrons. The van der Waals surface area contributed by atoms with Crippen molar-refractivity contribution < 1.29 is 4.79 Å². The van der Waals surface area contributed by atoms with Gasteiger partial charge < -0.3 is 15.1 Å². The average Bonchev–Trinajstić information content (AvgIpc) is 3.16. The molecule has 1 aliphatic heterocycles. The molecule has 1 N–H and O–H groups in total. The van der Waals surface area contributed by atoms with Crippen LogP contribution < -0.4 is 10.2 Å². The molecular weight excluding hydrogens is 394 g/mol. The van der Waals surface area contributed by atoms with Crippen molar-refractivity contribution in [2.75, 3.05) is 37.6 Å². The molecule has 1 atom stereocenters. The normalized spacial score (nSPS) is 17.8. The van der Waals surface area contributed by atoms with Gasteiger partial charge in [-0.2, -0.15) is 0 Å². The smallest absolute Gasteiger partial charge is 0.317 e. The van der Waals surface area contributed by atoms with Crippen LogP contribution in [0, 0.1) is 0 Å². The Balaban J connectivity index is 1.59. The first-order valence-corrected chi connectivity index (χ1v) is 12.5. The Labute approximate surface area is 184 Å². The van der Waals surface area contributed by atoms with Gasteiger partial charge in [0.15, 0.2) is 0 Å². The largest absolute Gasteiger partial charge is 0.352 e. The number of anilines is 1. The van der Waals surface area contributed by atoms with E-state index in [1.54, 1.807) is 0 Å². The molecule has 7 heteroatoms. The zero-order chi connectivity index (χ0) is 21.1. The maximum absolute atomic E-state index is 12.4. The molecule has 30 heavy (non-hydrogen) atoms. The van der Waals surface area contributed by atoms with Gasteiger partial charge in [0, 0.05) is 43.5 Å². The number of aryl methyl sites for hydroxylation is 2.